The molecule has 0 bridgehead atoms. The van der Waals surface area contributed by atoms with E-state index < -0.39 is 18.7 Å². The fourth-order valence-corrected chi connectivity index (χ4v) is 1.81. The van der Waals surface area contributed by atoms with E-state index in [2.05, 4.69) is 15.4 Å². The van der Waals surface area contributed by atoms with Gasteiger partial charge in [0.1, 0.15) is 6.61 Å². The number of hydrogen-bond donors (Lipinski definition) is 2. The van der Waals surface area contributed by atoms with E-state index in [0.29, 0.717) is 11.1 Å². The minimum Gasteiger partial charge on any atom is -0.367 e. The summed E-state index contributed by atoms with van der Waals surface area (Å²) in [5.74, 6) is -0.656. The molecule has 0 heterocycles. The number of carbonyl (C=O) groups is 2. The highest BCUT2D eigenvalue weighted by molar-refractivity contribution is 5.96. The van der Waals surface area contributed by atoms with Gasteiger partial charge in [0.2, 0.25) is 5.91 Å². The lowest BCUT2D eigenvalue weighted by molar-refractivity contribution is -0.176. The van der Waals surface area contributed by atoms with Gasteiger partial charge in [-0.05, 0) is 30.5 Å². The molecule has 1 saturated carbocycles. The summed E-state index contributed by atoms with van der Waals surface area (Å²) in [6.07, 6.45) is -2.42. The van der Waals surface area contributed by atoms with Crippen molar-refractivity contribution in [2.75, 3.05) is 13.2 Å². The molecule has 2 rings (SSSR count). The molecule has 0 aliphatic heterocycles. The standard InChI is InChI=1S/C15H17F3N2O3/c16-15(17,18)9-23-8-10-1-3-11(4-2-10)14(22)19-7-13(21)20-12-5-6-12/h1-4,12H,5-9H2,(H,19,22)(H,20,21). The van der Waals surface area contributed by atoms with Gasteiger partial charge in [0.05, 0.1) is 13.2 Å². The molecule has 0 saturated heterocycles. The molecule has 0 radical (unpaired) electrons. The largest absolute Gasteiger partial charge is 0.411 e. The number of alkyl halides is 3. The van der Waals surface area contributed by atoms with Crippen LogP contribution in [0.15, 0.2) is 24.3 Å². The predicted octanol–water partition coefficient (Wildman–Crippen LogP) is 1.77. The topological polar surface area (TPSA) is 67.4 Å². The second-order valence-corrected chi connectivity index (χ2v) is 5.33. The van der Waals surface area contributed by atoms with Crippen molar-refractivity contribution in [3.05, 3.63) is 35.4 Å². The number of amides is 2. The first-order valence-corrected chi connectivity index (χ1v) is 7.14. The molecule has 126 valence electrons. The maximum atomic E-state index is 12.0. The first-order chi connectivity index (χ1) is 10.8. The van der Waals surface area contributed by atoms with E-state index in [1.807, 2.05) is 0 Å². The summed E-state index contributed by atoms with van der Waals surface area (Å²) in [6, 6.07) is 6.20. The van der Waals surface area contributed by atoms with Crippen molar-refractivity contribution < 1.29 is 27.5 Å². The van der Waals surface area contributed by atoms with Crippen LogP contribution in [-0.2, 0) is 16.1 Å². The summed E-state index contributed by atoms with van der Waals surface area (Å²) in [5.41, 5.74) is 0.848. The Morgan fingerprint density at radius 2 is 1.83 bits per heavy atom. The van der Waals surface area contributed by atoms with Crippen LogP contribution in [0.1, 0.15) is 28.8 Å². The Hall–Kier alpha value is -2.09. The average Bonchev–Trinajstić information content (AvgIpc) is 3.28. The molecule has 1 aliphatic carbocycles. The number of carbonyl (C=O) groups excluding carboxylic acids is 2. The van der Waals surface area contributed by atoms with Gasteiger partial charge >= 0.3 is 6.18 Å². The van der Waals surface area contributed by atoms with Gasteiger partial charge < -0.3 is 15.4 Å². The average molecular weight is 330 g/mol. The number of nitrogens with one attached hydrogen (secondary N) is 2. The molecule has 1 aromatic carbocycles. The van der Waals surface area contributed by atoms with Crippen LogP contribution >= 0.6 is 0 Å². The number of benzene rings is 1. The lowest BCUT2D eigenvalue weighted by Crippen LogP contribution is -2.37. The van der Waals surface area contributed by atoms with Gasteiger partial charge in [0.25, 0.3) is 5.91 Å². The van der Waals surface area contributed by atoms with E-state index >= 15 is 0 Å². The summed E-state index contributed by atoms with van der Waals surface area (Å²) < 4.78 is 40.4. The Bertz CT molecular complexity index is 554. The van der Waals surface area contributed by atoms with Crippen molar-refractivity contribution >= 4 is 11.8 Å². The minimum atomic E-state index is -4.36. The summed E-state index contributed by atoms with van der Waals surface area (Å²) in [5, 5.41) is 5.23. The van der Waals surface area contributed by atoms with Crippen molar-refractivity contribution in [1.29, 1.82) is 0 Å². The summed E-state index contributed by atoms with van der Waals surface area (Å²) in [4.78, 5) is 23.3. The zero-order valence-electron chi connectivity index (χ0n) is 12.3. The van der Waals surface area contributed by atoms with Gasteiger partial charge in [-0.3, -0.25) is 9.59 Å². The Labute approximate surface area is 131 Å². The van der Waals surface area contributed by atoms with E-state index in [9.17, 15) is 22.8 Å². The van der Waals surface area contributed by atoms with Gasteiger partial charge in [0.15, 0.2) is 0 Å². The number of rotatable bonds is 7. The first kappa shape index (κ1) is 17.3. The first-order valence-electron chi connectivity index (χ1n) is 7.14. The highest BCUT2D eigenvalue weighted by Gasteiger charge is 2.27. The SMILES string of the molecule is O=C(CNC(=O)c1ccc(COCC(F)(F)F)cc1)NC1CC1. The second-order valence-electron chi connectivity index (χ2n) is 5.33. The Morgan fingerprint density at radius 1 is 1.17 bits per heavy atom. The van der Waals surface area contributed by atoms with Crippen LogP contribution in [0.5, 0.6) is 0 Å². The third-order valence-corrected chi connectivity index (χ3v) is 3.10. The monoisotopic (exact) mass is 330 g/mol. The Kier molecular flexibility index (Phi) is 5.59. The van der Waals surface area contributed by atoms with E-state index in [-0.39, 0.29) is 25.1 Å². The van der Waals surface area contributed by atoms with Crippen LogP contribution in [0.25, 0.3) is 0 Å². The lowest BCUT2D eigenvalue weighted by Gasteiger charge is -2.09. The molecule has 1 aliphatic rings. The van der Waals surface area contributed by atoms with Gasteiger partial charge in [-0.2, -0.15) is 13.2 Å². The highest BCUT2D eigenvalue weighted by atomic mass is 19.4. The van der Waals surface area contributed by atoms with Gasteiger partial charge in [0, 0.05) is 11.6 Å². The van der Waals surface area contributed by atoms with Gasteiger partial charge in [-0.25, -0.2) is 0 Å². The van der Waals surface area contributed by atoms with Crippen molar-refractivity contribution in [2.24, 2.45) is 0 Å². The quantitative estimate of drug-likeness (QED) is 0.801. The minimum absolute atomic E-state index is 0.105. The molecule has 2 N–H and O–H groups in total. The molecule has 5 nitrogen and oxygen atoms in total. The molecule has 2 amide bonds. The molecular weight excluding hydrogens is 313 g/mol. The zero-order chi connectivity index (χ0) is 16.9. The molecule has 8 heteroatoms. The van der Waals surface area contributed by atoms with Crippen LogP contribution in [-0.4, -0.2) is 37.2 Å². The second kappa shape index (κ2) is 7.45. The fraction of sp³-hybridized carbons (Fsp3) is 0.467. The van der Waals surface area contributed by atoms with Crippen molar-refractivity contribution in [2.45, 2.75) is 31.7 Å². The smallest absolute Gasteiger partial charge is 0.367 e. The van der Waals surface area contributed by atoms with E-state index in [1.54, 1.807) is 0 Å². The summed E-state index contributed by atoms with van der Waals surface area (Å²) in [7, 11) is 0. The fourth-order valence-electron chi connectivity index (χ4n) is 1.81. The maximum Gasteiger partial charge on any atom is 0.411 e. The molecule has 1 fully saturated rings. The molecule has 0 spiro atoms. The number of hydrogen-bond acceptors (Lipinski definition) is 3. The lowest BCUT2D eigenvalue weighted by atomic mass is 10.1. The number of ether oxygens (including phenoxy) is 1. The van der Waals surface area contributed by atoms with E-state index in [1.165, 1.54) is 24.3 Å². The van der Waals surface area contributed by atoms with E-state index in [0.717, 1.165) is 12.8 Å². The third kappa shape index (κ3) is 6.68. The van der Waals surface area contributed by atoms with Crippen LogP contribution in [0.4, 0.5) is 13.2 Å². The Balaban J connectivity index is 1.74. The van der Waals surface area contributed by atoms with Crippen molar-refractivity contribution in [3.8, 4) is 0 Å². The number of halogens is 3. The Morgan fingerprint density at radius 3 is 2.39 bits per heavy atom. The maximum absolute atomic E-state index is 12.0. The molecule has 0 atom stereocenters. The molecule has 0 aromatic heterocycles. The van der Waals surface area contributed by atoms with Crippen LogP contribution in [0, 0.1) is 0 Å². The normalized spacial score (nSPS) is 14.4. The predicted molar refractivity (Wildman–Crippen MR) is 75.7 cm³/mol. The molecule has 0 unspecified atom stereocenters. The highest BCUT2D eigenvalue weighted by Crippen LogP contribution is 2.18. The van der Waals surface area contributed by atoms with Crippen LogP contribution in [0.3, 0.4) is 0 Å². The zero-order valence-corrected chi connectivity index (χ0v) is 12.3. The van der Waals surface area contributed by atoms with Crippen LogP contribution in [0.2, 0.25) is 0 Å². The molecule has 23 heavy (non-hydrogen) atoms. The summed E-state index contributed by atoms with van der Waals surface area (Å²) in [6.45, 7) is -1.61. The van der Waals surface area contributed by atoms with Crippen LogP contribution < -0.4 is 10.6 Å². The molecule has 1 aromatic rings. The van der Waals surface area contributed by atoms with Crippen molar-refractivity contribution in [1.82, 2.24) is 10.6 Å². The van der Waals surface area contributed by atoms with Gasteiger partial charge in [-0.1, -0.05) is 12.1 Å². The summed E-state index contributed by atoms with van der Waals surface area (Å²) >= 11 is 0. The van der Waals surface area contributed by atoms with Crippen molar-refractivity contribution in [3.63, 3.8) is 0 Å². The third-order valence-electron chi connectivity index (χ3n) is 3.10. The van der Waals surface area contributed by atoms with Gasteiger partial charge in [-0.15, -0.1) is 0 Å². The molecular formula is C15H17F3N2O3. The van der Waals surface area contributed by atoms with E-state index in [4.69, 9.17) is 0 Å².